The first-order valence-corrected chi connectivity index (χ1v) is 6.46. The Morgan fingerprint density at radius 1 is 1.43 bits per heavy atom. The van der Waals surface area contributed by atoms with Crippen LogP contribution in [0, 0.1) is 16.0 Å². The van der Waals surface area contributed by atoms with Gasteiger partial charge in [0.15, 0.2) is 0 Å². The molecule has 0 radical (unpaired) electrons. The summed E-state index contributed by atoms with van der Waals surface area (Å²) in [7, 11) is 0. The van der Waals surface area contributed by atoms with Crippen molar-refractivity contribution in [3.63, 3.8) is 0 Å². The van der Waals surface area contributed by atoms with Crippen LogP contribution >= 0.6 is 0 Å². The number of primary amides is 1. The third kappa shape index (κ3) is 3.10. The normalized spacial score (nSPS) is 18.3. The van der Waals surface area contributed by atoms with E-state index in [0.717, 1.165) is 6.07 Å². The highest BCUT2D eigenvalue weighted by molar-refractivity contribution is 5.94. The van der Waals surface area contributed by atoms with E-state index in [4.69, 9.17) is 10.8 Å². The first-order chi connectivity index (χ1) is 9.90. The molecular weight excluding hydrogens is 278 g/mol. The fourth-order valence-electron chi connectivity index (χ4n) is 2.49. The molecule has 1 unspecified atom stereocenters. The van der Waals surface area contributed by atoms with E-state index in [0.29, 0.717) is 25.1 Å². The number of carbonyl (C=O) groups excluding carboxylic acids is 1. The maximum atomic E-state index is 11.2. The van der Waals surface area contributed by atoms with Gasteiger partial charge >= 0.3 is 5.97 Å². The van der Waals surface area contributed by atoms with Crippen LogP contribution in [0.5, 0.6) is 0 Å². The number of anilines is 1. The fraction of sp³-hybridized carbons (Fsp3) is 0.385. The van der Waals surface area contributed by atoms with Crippen molar-refractivity contribution < 1.29 is 19.6 Å². The molecule has 1 saturated heterocycles. The zero-order chi connectivity index (χ0) is 15.6. The van der Waals surface area contributed by atoms with Crippen molar-refractivity contribution in [3.05, 3.63) is 33.9 Å². The van der Waals surface area contributed by atoms with Crippen LogP contribution in [-0.2, 0) is 4.79 Å². The van der Waals surface area contributed by atoms with E-state index >= 15 is 0 Å². The van der Waals surface area contributed by atoms with E-state index in [-0.39, 0.29) is 17.8 Å². The standard InChI is InChI=1S/C13H15N3O5/c14-12(17)8-3-4-10(11(6-8)16(20)21)15-5-1-2-9(7-15)13(18)19/h3-4,6,9H,1-2,5,7H2,(H2,14,17)(H,18,19). The van der Waals surface area contributed by atoms with E-state index in [1.807, 2.05) is 0 Å². The maximum absolute atomic E-state index is 11.2. The molecule has 0 spiro atoms. The summed E-state index contributed by atoms with van der Waals surface area (Å²) in [4.78, 5) is 34.4. The lowest BCUT2D eigenvalue weighted by Gasteiger charge is -2.32. The Morgan fingerprint density at radius 3 is 2.71 bits per heavy atom. The average molecular weight is 293 g/mol. The molecule has 21 heavy (non-hydrogen) atoms. The molecule has 8 heteroatoms. The number of rotatable bonds is 4. The molecule has 0 bridgehead atoms. The second-order valence-corrected chi connectivity index (χ2v) is 4.95. The number of amides is 1. The molecule has 0 aliphatic carbocycles. The van der Waals surface area contributed by atoms with Crippen LogP contribution in [-0.4, -0.2) is 35.0 Å². The van der Waals surface area contributed by atoms with Crippen molar-refractivity contribution in [1.29, 1.82) is 0 Å². The van der Waals surface area contributed by atoms with Gasteiger partial charge in [0.25, 0.3) is 5.69 Å². The molecule has 8 nitrogen and oxygen atoms in total. The number of aliphatic carboxylic acids is 1. The zero-order valence-corrected chi connectivity index (χ0v) is 11.2. The smallest absolute Gasteiger partial charge is 0.308 e. The van der Waals surface area contributed by atoms with Crippen LogP contribution in [0.1, 0.15) is 23.2 Å². The summed E-state index contributed by atoms with van der Waals surface area (Å²) in [5.41, 5.74) is 5.25. The molecule has 1 heterocycles. The number of nitrogens with two attached hydrogens (primary N) is 1. The van der Waals surface area contributed by atoms with Gasteiger partial charge in [0.05, 0.1) is 10.8 Å². The van der Waals surface area contributed by atoms with Gasteiger partial charge in [-0.15, -0.1) is 0 Å². The van der Waals surface area contributed by atoms with Crippen LogP contribution in [0.25, 0.3) is 0 Å². The molecule has 1 atom stereocenters. The molecule has 112 valence electrons. The number of carboxylic acids is 1. The number of nitro benzene ring substituents is 1. The Kier molecular flexibility index (Phi) is 4.06. The largest absolute Gasteiger partial charge is 0.481 e. The maximum Gasteiger partial charge on any atom is 0.308 e. The van der Waals surface area contributed by atoms with Crippen LogP contribution in [0.4, 0.5) is 11.4 Å². The minimum Gasteiger partial charge on any atom is -0.481 e. The second kappa shape index (κ2) is 5.78. The Balaban J connectivity index is 2.36. The number of nitro groups is 1. The van der Waals surface area contributed by atoms with Gasteiger partial charge in [-0.25, -0.2) is 0 Å². The summed E-state index contributed by atoms with van der Waals surface area (Å²) in [5, 5.41) is 20.2. The molecule has 1 aromatic rings. The van der Waals surface area contributed by atoms with Crippen molar-refractivity contribution in [1.82, 2.24) is 0 Å². The molecule has 0 saturated carbocycles. The van der Waals surface area contributed by atoms with Crippen LogP contribution in [0.2, 0.25) is 0 Å². The number of benzene rings is 1. The number of carboxylic acid groups (broad SMARTS) is 1. The Hall–Kier alpha value is -2.64. The molecule has 1 aliphatic rings. The van der Waals surface area contributed by atoms with Crippen molar-refractivity contribution in [2.45, 2.75) is 12.8 Å². The van der Waals surface area contributed by atoms with Crippen molar-refractivity contribution in [3.8, 4) is 0 Å². The Labute approximate surface area is 120 Å². The Morgan fingerprint density at radius 2 is 2.14 bits per heavy atom. The van der Waals surface area contributed by atoms with Gasteiger partial charge in [0, 0.05) is 24.7 Å². The highest BCUT2D eigenvalue weighted by Gasteiger charge is 2.29. The zero-order valence-electron chi connectivity index (χ0n) is 11.2. The predicted octanol–water partition coefficient (Wildman–Crippen LogP) is 0.995. The summed E-state index contributed by atoms with van der Waals surface area (Å²) < 4.78 is 0. The quantitative estimate of drug-likeness (QED) is 0.629. The highest BCUT2D eigenvalue weighted by Crippen LogP contribution is 2.32. The number of piperidine rings is 1. The lowest BCUT2D eigenvalue weighted by Crippen LogP contribution is -2.39. The summed E-state index contributed by atoms with van der Waals surface area (Å²) in [6.07, 6.45) is 1.20. The number of hydrogen-bond acceptors (Lipinski definition) is 5. The minimum absolute atomic E-state index is 0.0530. The number of hydrogen-bond donors (Lipinski definition) is 2. The van der Waals surface area contributed by atoms with Gasteiger partial charge in [-0.2, -0.15) is 0 Å². The number of carbonyl (C=O) groups is 2. The van der Waals surface area contributed by atoms with E-state index in [1.54, 1.807) is 4.90 Å². The Bertz CT molecular complexity index is 601. The summed E-state index contributed by atoms with van der Waals surface area (Å²) in [6.45, 7) is 0.757. The van der Waals surface area contributed by atoms with Gasteiger partial charge in [-0.05, 0) is 25.0 Å². The van der Waals surface area contributed by atoms with Gasteiger partial charge in [-0.1, -0.05) is 0 Å². The van der Waals surface area contributed by atoms with E-state index < -0.39 is 22.7 Å². The summed E-state index contributed by atoms with van der Waals surface area (Å²) >= 11 is 0. The first-order valence-electron chi connectivity index (χ1n) is 6.46. The SMILES string of the molecule is NC(=O)c1ccc(N2CCCC(C(=O)O)C2)c([N+](=O)[O-])c1. The molecule has 1 aliphatic heterocycles. The van der Waals surface area contributed by atoms with E-state index in [9.17, 15) is 19.7 Å². The second-order valence-electron chi connectivity index (χ2n) is 4.95. The van der Waals surface area contributed by atoms with Gasteiger partial charge in [0.1, 0.15) is 5.69 Å². The molecule has 1 amide bonds. The molecular formula is C13H15N3O5. The molecule has 1 fully saturated rings. The number of nitrogens with zero attached hydrogens (tertiary/aromatic N) is 2. The summed E-state index contributed by atoms with van der Waals surface area (Å²) in [6, 6.07) is 3.99. The van der Waals surface area contributed by atoms with Gasteiger partial charge < -0.3 is 15.7 Å². The van der Waals surface area contributed by atoms with E-state index in [1.165, 1.54) is 12.1 Å². The molecule has 1 aromatic carbocycles. The first kappa shape index (κ1) is 14.8. The molecule has 3 N–H and O–H groups in total. The molecule has 2 rings (SSSR count). The van der Waals surface area contributed by atoms with Crippen LogP contribution in [0.15, 0.2) is 18.2 Å². The van der Waals surface area contributed by atoms with Crippen LogP contribution in [0.3, 0.4) is 0 Å². The third-order valence-corrected chi connectivity index (χ3v) is 3.57. The van der Waals surface area contributed by atoms with Gasteiger partial charge in [0.2, 0.25) is 5.91 Å². The minimum atomic E-state index is -0.906. The van der Waals surface area contributed by atoms with Crippen molar-refractivity contribution in [2.75, 3.05) is 18.0 Å². The molecule has 0 aromatic heterocycles. The lowest BCUT2D eigenvalue weighted by atomic mass is 9.97. The predicted molar refractivity (Wildman–Crippen MR) is 74.2 cm³/mol. The van der Waals surface area contributed by atoms with E-state index in [2.05, 4.69) is 0 Å². The van der Waals surface area contributed by atoms with Crippen molar-refractivity contribution >= 4 is 23.3 Å². The summed E-state index contributed by atoms with van der Waals surface area (Å²) in [5.74, 6) is -2.20. The van der Waals surface area contributed by atoms with Crippen molar-refractivity contribution in [2.24, 2.45) is 11.7 Å². The average Bonchev–Trinajstić information content (AvgIpc) is 2.46. The monoisotopic (exact) mass is 293 g/mol. The van der Waals surface area contributed by atoms with Gasteiger partial charge in [-0.3, -0.25) is 19.7 Å². The fourth-order valence-corrected chi connectivity index (χ4v) is 2.49. The van der Waals surface area contributed by atoms with Crippen LogP contribution < -0.4 is 10.6 Å². The topological polar surface area (TPSA) is 127 Å². The third-order valence-electron chi connectivity index (χ3n) is 3.57. The highest BCUT2D eigenvalue weighted by atomic mass is 16.6. The lowest BCUT2D eigenvalue weighted by molar-refractivity contribution is -0.384.